The third-order valence-corrected chi connectivity index (χ3v) is 4.74. The van der Waals surface area contributed by atoms with Gasteiger partial charge in [0.25, 0.3) is 5.91 Å². The van der Waals surface area contributed by atoms with Gasteiger partial charge in [-0.25, -0.2) is 0 Å². The maximum Gasteiger partial charge on any atom is 0.254 e. The minimum Gasteiger partial charge on any atom is -0.338 e. The van der Waals surface area contributed by atoms with Crippen LogP contribution in [0.4, 0.5) is 0 Å². The molecule has 1 amide bonds. The van der Waals surface area contributed by atoms with Crippen LogP contribution in [0.1, 0.15) is 23.2 Å². The summed E-state index contributed by atoms with van der Waals surface area (Å²) in [6.07, 6.45) is 2.23. The maximum atomic E-state index is 12.2. The Labute approximate surface area is 113 Å². The SMILES string of the molecule is NCC1CCCN(C(=O)c2csc(I)c2)C1. The Bertz CT molecular complexity index is 380. The number of thiophene rings is 1. The van der Waals surface area contributed by atoms with Crippen LogP contribution in [-0.2, 0) is 0 Å². The summed E-state index contributed by atoms with van der Waals surface area (Å²) in [6.45, 7) is 2.38. The smallest absolute Gasteiger partial charge is 0.254 e. The van der Waals surface area contributed by atoms with E-state index in [-0.39, 0.29) is 5.91 Å². The fourth-order valence-electron chi connectivity index (χ4n) is 2.05. The van der Waals surface area contributed by atoms with Crippen molar-refractivity contribution in [3.63, 3.8) is 0 Å². The van der Waals surface area contributed by atoms with Crippen LogP contribution in [-0.4, -0.2) is 30.4 Å². The zero-order chi connectivity index (χ0) is 11.5. The Morgan fingerprint density at radius 3 is 3.12 bits per heavy atom. The van der Waals surface area contributed by atoms with Crippen LogP contribution in [0.5, 0.6) is 0 Å². The molecule has 5 heteroatoms. The highest BCUT2D eigenvalue weighted by atomic mass is 127. The molecular weight excluding hydrogens is 335 g/mol. The quantitative estimate of drug-likeness (QED) is 0.831. The summed E-state index contributed by atoms with van der Waals surface area (Å²) in [4.78, 5) is 14.1. The topological polar surface area (TPSA) is 46.3 Å². The van der Waals surface area contributed by atoms with Crippen molar-refractivity contribution in [1.82, 2.24) is 4.90 Å². The van der Waals surface area contributed by atoms with Gasteiger partial charge in [-0.2, -0.15) is 0 Å². The summed E-state index contributed by atoms with van der Waals surface area (Å²) < 4.78 is 1.16. The van der Waals surface area contributed by atoms with E-state index in [4.69, 9.17) is 5.73 Å². The lowest BCUT2D eigenvalue weighted by Crippen LogP contribution is -2.41. The minimum atomic E-state index is 0.164. The fraction of sp³-hybridized carbons (Fsp3) is 0.545. The van der Waals surface area contributed by atoms with Gasteiger partial charge >= 0.3 is 0 Å². The van der Waals surface area contributed by atoms with Gasteiger partial charge in [0.2, 0.25) is 0 Å². The molecule has 3 nitrogen and oxygen atoms in total. The van der Waals surface area contributed by atoms with Crippen molar-refractivity contribution < 1.29 is 4.79 Å². The van der Waals surface area contributed by atoms with Gasteiger partial charge in [0, 0.05) is 18.5 Å². The largest absolute Gasteiger partial charge is 0.338 e. The van der Waals surface area contributed by atoms with Crippen molar-refractivity contribution in [2.24, 2.45) is 11.7 Å². The summed E-state index contributed by atoms with van der Waals surface area (Å²) in [5, 5.41) is 1.94. The van der Waals surface area contributed by atoms with Crippen molar-refractivity contribution in [2.45, 2.75) is 12.8 Å². The first-order chi connectivity index (χ1) is 7.70. The zero-order valence-electron chi connectivity index (χ0n) is 8.99. The molecule has 0 bridgehead atoms. The molecule has 1 aromatic rings. The Balaban J connectivity index is 2.04. The van der Waals surface area contributed by atoms with Crippen molar-refractivity contribution in [3.8, 4) is 0 Å². The Morgan fingerprint density at radius 2 is 2.50 bits per heavy atom. The Hall–Kier alpha value is -0.140. The van der Waals surface area contributed by atoms with Gasteiger partial charge in [-0.15, -0.1) is 11.3 Å². The van der Waals surface area contributed by atoms with Gasteiger partial charge in [-0.1, -0.05) is 0 Å². The predicted molar refractivity (Wildman–Crippen MR) is 74.7 cm³/mol. The van der Waals surface area contributed by atoms with E-state index in [0.29, 0.717) is 12.5 Å². The van der Waals surface area contributed by atoms with Crippen LogP contribution in [0, 0.1) is 8.80 Å². The van der Waals surface area contributed by atoms with Gasteiger partial charge in [0.05, 0.1) is 8.45 Å². The molecule has 2 rings (SSSR count). The lowest BCUT2D eigenvalue weighted by Gasteiger charge is -2.31. The average molecular weight is 350 g/mol. The van der Waals surface area contributed by atoms with Gasteiger partial charge < -0.3 is 10.6 Å². The number of nitrogens with two attached hydrogens (primary N) is 1. The third-order valence-electron chi connectivity index (χ3n) is 2.95. The number of likely N-dealkylation sites (tertiary alicyclic amines) is 1. The van der Waals surface area contributed by atoms with Crippen molar-refractivity contribution in [1.29, 1.82) is 0 Å². The molecule has 0 saturated carbocycles. The van der Waals surface area contributed by atoms with Crippen LogP contribution < -0.4 is 5.73 Å². The second kappa shape index (κ2) is 5.46. The highest BCUT2D eigenvalue weighted by Gasteiger charge is 2.23. The Kier molecular flexibility index (Phi) is 4.21. The first kappa shape index (κ1) is 12.3. The molecule has 0 radical (unpaired) electrons. The molecule has 1 aliphatic heterocycles. The molecule has 1 atom stereocenters. The van der Waals surface area contributed by atoms with Crippen LogP contribution in [0.3, 0.4) is 0 Å². The molecular formula is C11H15IN2OS. The molecule has 88 valence electrons. The van der Waals surface area contributed by atoms with Gasteiger partial charge in [0.15, 0.2) is 0 Å². The van der Waals surface area contributed by atoms with Crippen LogP contribution in [0.2, 0.25) is 0 Å². The molecule has 1 saturated heterocycles. The number of halogens is 1. The monoisotopic (exact) mass is 350 g/mol. The van der Waals surface area contributed by atoms with Gasteiger partial charge in [-0.3, -0.25) is 4.79 Å². The molecule has 1 aromatic heterocycles. The molecule has 2 heterocycles. The first-order valence-corrected chi connectivity index (χ1v) is 7.40. The predicted octanol–water partition coefficient (Wildman–Crippen LogP) is 2.16. The summed E-state index contributed by atoms with van der Waals surface area (Å²) >= 11 is 3.86. The second-order valence-corrected chi connectivity index (χ2v) is 6.94. The van der Waals surface area contributed by atoms with Crippen LogP contribution in [0.25, 0.3) is 0 Å². The number of carbonyl (C=O) groups is 1. The van der Waals surface area contributed by atoms with Crippen molar-refractivity contribution in [2.75, 3.05) is 19.6 Å². The molecule has 1 fully saturated rings. The van der Waals surface area contributed by atoms with E-state index in [1.54, 1.807) is 11.3 Å². The highest BCUT2D eigenvalue weighted by molar-refractivity contribution is 14.1. The number of nitrogens with zero attached hydrogens (tertiary/aromatic N) is 1. The van der Waals surface area contributed by atoms with E-state index in [1.807, 2.05) is 16.3 Å². The number of hydrogen-bond donors (Lipinski definition) is 1. The van der Waals surface area contributed by atoms with E-state index < -0.39 is 0 Å². The van der Waals surface area contributed by atoms with Gasteiger partial charge in [0.1, 0.15) is 0 Å². The van der Waals surface area contributed by atoms with Crippen LogP contribution >= 0.6 is 33.9 Å². The summed E-state index contributed by atoms with van der Waals surface area (Å²) in [6, 6.07) is 1.96. The summed E-state index contributed by atoms with van der Waals surface area (Å²) in [5.74, 6) is 0.646. The number of rotatable bonds is 2. The molecule has 2 N–H and O–H groups in total. The lowest BCUT2D eigenvalue weighted by atomic mass is 9.98. The zero-order valence-corrected chi connectivity index (χ0v) is 12.0. The summed E-state index contributed by atoms with van der Waals surface area (Å²) in [7, 11) is 0. The number of hydrogen-bond acceptors (Lipinski definition) is 3. The van der Waals surface area contributed by atoms with E-state index >= 15 is 0 Å². The van der Waals surface area contributed by atoms with E-state index in [2.05, 4.69) is 22.6 Å². The second-order valence-electron chi connectivity index (χ2n) is 4.13. The first-order valence-electron chi connectivity index (χ1n) is 5.44. The number of carbonyl (C=O) groups excluding carboxylic acids is 1. The number of amides is 1. The fourth-order valence-corrected chi connectivity index (χ4v) is 3.37. The highest BCUT2D eigenvalue weighted by Crippen LogP contribution is 2.21. The van der Waals surface area contributed by atoms with Crippen LogP contribution in [0.15, 0.2) is 11.4 Å². The lowest BCUT2D eigenvalue weighted by molar-refractivity contribution is 0.0678. The maximum absolute atomic E-state index is 12.2. The van der Waals surface area contributed by atoms with E-state index in [9.17, 15) is 4.79 Å². The van der Waals surface area contributed by atoms with E-state index in [1.165, 1.54) is 0 Å². The minimum absolute atomic E-state index is 0.164. The standard InChI is InChI=1S/C11H15IN2OS/c12-10-4-9(7-16-10)11(15)14-3-1-2-8(5-13)6-14/h4,7-8H,1-3,5-6,13H2. The van der Waals surface area contributed by atoms with E-state index in [0.717, 1.165) is 34.4 Å². The average Bonchev–Trinajstić information content (AvgIpc) is 2.75. The molecule has 0 aromatic carbocycles. The Morgan fingerprint density at radius 1 is 1.69 bits per heavy atom. The van der Waals surface area contributed by atoms with Gasteiger partial charge in [-0.05, 0) is 54.0 Å². The molecule has 1 aliphatic rings. The van der Waals surface area contributed by atoms with Crippen molar-refractivity contribution >= 4 is 39.8 Å². The number of piperidine rings is 1. The normalized spacial score (nSPS) is 21.1. The molecule has 1 unspecified atom stereocenters. The molecule has 16 heavy (non-hydrogen) atoms. The summed E-state index contributed by atoms with van der Waals surface area (Å²) in [5.41, 5.74) is 6.50. The molecule has 0 aliphatic carbocycles. The third kappa shape index (κ3) is 2.75. The molecule has 0 spiro atoms. The van der Waals surface area contributed by atoms with Crippen molar-refractivity contribution in [3.05, 3.63) is 19.9 Å².